The van der Waals surface area contributed by atoms with Crippen LogP contribution in [0.1, 0.15) is 15.9 Å². The van der Waals surface area contributed by atoms with E-state index < -0.39 is 10.8 Å². The minimum Gasteiger partial charge on any atom is -0.505 e. The van der Waals surface area contributed by atoms with Crippen molar-refractivity contribution in [3.05, 3.63) is 61.2 Å². The van der Waals surface area contributed by atoms with E-state index >= 15 is 0 Å². The summed E-state index contributed by atoms with van der Waals surface area (Å²) >= 11 is 2.04. The number of aryl methyl sites for hydroxylation is 1. The van der Waals surface area contributed by atoms with Crippen LogP contribution in [0, 0.1) is 20.6 Å². The van der Waals surface area contributed by atoms with E-state index in [9.17, 15) is 20.0 Å². The second-order valence-electron chi connectivity index (χ2n) is 4.32. The van der Waals surface area contributed by atoms with E-state index in [0.29, 0.717) is 5.56 Å². The van der Waals surface area contributed by atoms with Crippen LogP contribution >= 0.6 is 22.6 Å². The number of hydrogen-bond donors (Lipinski definition) is 2. The van der Waals surface area contributed by atoms with Crippen molar-refractivity contribution in [1.29, 1.82) is 0 Å². The van der Waals surface area contributed by atoms with Crippen LogP contribution in [0.5, 0.6) is 5.75 Å². The van der Waals surface area contributed by atoms with Gasteiger partial charge in [-0.25, -0.2) is 0 Å². The number of nitrogens with zero attached hydrogens (tertiary/aromatic N) is 1. The van der Waals surface area contributed by atoms with Gasteiger partial charge in [0.2, 0.25) is 0 Å². The maximum atomic E-state index is 12.3. The van der Waals surface area contributed by atoms with Gasteiger partial charge in [-0.3, -0.25) is 14.9 Å². The summed E-state index contributed by atoms with van der Waals surface area (Å²) in [6, 6.07) is 9.06. The first-order chi connectivity index (χ1) is 9.91. The van der Waals surface area contributed by atoms with E-state index in [4.69, 9.17) is 0 Å². The van der Waals surface area contributed by atoms with Crippen LogP contribution in [-0.2, 0) is 0 Å². The number of benzene rings is 2. The third kappa shape index (κ3) is 3.13. The summed E-state index contributed by atoms with van der Waals surface area (Å²) < 4.78 is 0.755. The Morgan fingerprint density at radius 1 is 1.29 bits per heavy atom. The summed E-state index contributed by atoms with van der Waals surface area (Å²) in [6.45, 7) is 1.86. The predicted octanol–water partition coefficient (Wildman–Crippen LogP) is 3.47. The lowest BCUT2D eigenvalue weighted by molar-refractivity contribution is -0.384. The molecule has 2 N–H and O–H groups in total. The van der Waals surface area contributed by atoms with Crippen molar-refractivity contribution in [2.75, 3.05) is 5.32 Å². The van der Waals surface area contributed by atoms with Crippen molar-refractivity contribution in [3.8, 4) is 5.75 Å². The Hall–Kier alpha value is -2.16. The lowest BCUT2D eigenvalue weighted by Gasteiger charge is -2.10. The highest BCUT2D eigenvalue weighted by Gasteiger charge is 2.21. The summed E-state index contributed by atoms with van der Waals surface area (Å²) in [4.78, 5) is 22.6. The number of aromatic hydroxyl groups is 1. The van der Waals surface area contributed by atoms with E-state index in [1.165, 1.54) is 18.2 Å². The number of phenolic OH excluding ortho intramolecular Hbond substituents is 1. The fourth-order valence-electron chi connectivity index (χ4n) is 1.81. The van der Waals surface area contributed by atoms with Crippen molar-refractivity contribution >= 4 is 39.9 Å². The molecule has 2 aromatic carbocycles. The summed E-state index contributed by atoms with van der Waals surface area (Å²) in [7, 11) is 0. The third-order valence-electron chi connectivity index (χ3n) is 2.89. The molecule has 1 amide bonds. The summed E-state index contributed by atoms with van der Waals surface area (Å²) in [5.74, 6) is -0.854. The summed E-state index contributed by atoms with van der Waals surface area (Å²) in [5, 5.41) is 23.1. The van der Waals surface area contributed by atoms with Gasteiger partial charge in [0.25, 0.3) is 11.6 Å². The molecule has 0 aliphatic heterocycles. The fraction of sp³-hybridized carbons (Fsp3) is 0.0714. The molecule has 0 atom stereocenters. The Bertz CT molecular complexity index is 731. The molecule has 21 heavy (non-hydrogen) atoms. The Morgan fingerprint density at radius 3 is 2.62 bits per heavy atom. The van der Waals surface area contributed by atoms with E-state index in [-0.39, 0.29) is 17.1 Å². The zero-order chi connectivity index (χ0) is 15.6. The number of rotatable bonds is 3. The van der Waals surface area contributed by atoms with E-state index in [2.05, 4.69) is 5.32 Å². The molecular formula is C14H11IN2O4. The van der Waals surface area contributed by atoms with Gasteiger partial charge in [-0.2, -0.15) is 0 Å². The molecule has 108 valence electrons. The van der Waals surface area contributed by atoms with Crippen LogP contribution in [0.3, 0.4) is 0 Å². The third-order valence-corrected chi connectivity index (χ3v) is 4.32. The maximum Gasteiger partial charge on any atom is 0.296 e. The topological polar surface area (TPSA) is 92.5 Å². The highest BCUT2D eigenvalue weighted by atomic mass is 127. The molecule has 0 unspecified atom stereocenters. The van der Waals surface area contributed by atoms with E-state index in [1.807, 2.05) is 35.6 Å². The molecule has 7 heteroatoms. The van der Waals surface area contributed by atoms with Crippen LogP contribution in [0.15, 0.2) is 36.4 Å². The summed E-state index contributed by atoms with van der Waals surface area (Å²) in [5.41, 5.74) is 0.763. The molecule has 0 bridgehead atoms. The molecule has 0 saturated carbocycles. The molecule has 6 nitrogen and oxygen atoms in total. The molecule has 0 fully saturated rings. The molecular weight excluding hydrogens is 387 g/mol. The lowest BCUT2D eigenvalue weighted by atomic mass is 10.1. The number of para-hydroxylation sites is 1. The van der Waals surface area contributed by atoms with Crippen LogP contribution < -0.4 is 5.32 Å². The standard InChI is InChI=1S/C14H11IN2O4/c1-8-4-2-5-9(12(8)15)14(19)16-13-10(17(20)21)6-3-7-11(13)18/h2-7,18H,1H3,(H,16,19). The molecule has 2 rings (SSSR count). The first kappa shape index (κ1) is 15.2. The first-order valence-electron chi connectivity index (χ1n) is 5.94. The Balaban J connectivity index is 2.41. The van der Waals surface area contributed by atoms with E-state index in [1.54, 1.807) is 12.1 Å². The number of carbonyl (C=O) groups is 1. The second-order valence-corrected chi connectivity index (χ2v) is 5.40. The van der Waals surface area contributed by atoms with Crippen molar-refractivity contribution in [2.24, 2.45) is 0 Å². The normalized spacial score (nSPS) is 10.2. The van der Waals surface area contributed by atoms with Gasteiger partial charge in [-0.1, -0.05) is 18.2 Å². The van der Waals surface area contributed by atoms with Gasteiger partial charge >= 0.3 is 0 Å². The highest BCUT2D eigenvalue weighted by molar-refractivity contribution is 14.1. The van der Waals surface area contributed by atoms with Crippen molar-refractivity contribution in [3.63, 3.8) is 0 Å². The van der Waals surface area contributed by atoms with Crippen LogP contribution in [-0.4, -0.2) is 15.9 Å². The average molecular weight is 398 g/mol. The molecule has 0 aliphatic rings. The van der Waals surface area contributed by atoms with Crippen LogP contribution in [0.2, 0.25) is 0 Å². The van der Waals surface area contributed by atoms with Gasteiger partial charge in [0.05, 0.1) is 10.5 Å². The van der Waals surface area contributed by atoms with Gasteiger partial charge in [-0.15, -0.1) is 0 Å². The maximum absolute atomic E-state index is 12.3. The Morgan fingerprint density at radius 2 is 1.95 bits per heavy atom. The highest BCUT2D eigenvalue weighted by Crippen LogP contribution is 2.33. The monoisotopic (exact) mass is 398 g/mol. The van der Waals surface area contributed by atoms with Crippen LogP contribution in [0.4, 0.5) is 11.4 Å². The smallest absolute Gasteiger partial charge is 0.296 e. The number of phenols is 1. The largest absolute Gasteiger partial charge is 0.505 e. The summed E-state index contributed by atoms with van der Waals surface area (Å²) in [6.07, 6.45) is 0. The number of halogens is 1. The Labute approximate surface area is 134 Å². The quantitative estimate of drug-likeness (QED) is 0.359. The van der Waals surface area contributed by atoms with Crippen molar-refractivity contribution < 1.29 is 14.8 Å². The zero-order valence-electron chi connectivity index (χ0n) is 11.0. The van der Waals surface area contributed by atoms with Crippen molar-refractivity contribution in [1.82, 2.24) is 0 Å². The van der Waals surface area contributed by atoms with Crippen molar-refractivity contribution in [2.45, 2.75) is 6.92 Å². The number of amides is 1. The number of nitrogens with one attached hydrogen (secondary N) is 1. The van der Waals surface area contributed by atoms with Gasteiger partial charge in [0.1, 0.15) is 5.75 Å². The molecule has 0 saturated heterocycles. The predicted molar refractivity (Wildman–Crippen MR) is 86.6 cm³/mol. The van der Waals surface area contributed by atoms with E-state index in [0.717, 1.165) is 9.13 Å². The number of nitro groups is 1. The molecule has 0 aliphatic carbocycles. The lowest BCUT2D eigenvalue weighted by Crippen LogP contribution is -2.15. The first-order valence-corrected chi connectivity index (χ1v) is 7.02. The number of hydrogen-bond acceptors (Lipinski definition) is 4. The zero-order valence-corrected chi connectivity index (χ0v) is 13.1. The minimum absolute atomic E-state index is 0.204. The van der Waals surface area contributed by atoms with Gasteiger partial charge in [-0.05, 0) is 47.2 Å². The van der Waals surface area contributed by atoms with Gasteiger partial charge < -0.3 is 10.4 Å². The molecule has 0 spiro atoms. The number of anilines is 1. The fourth-order valence-corrected chi connectivity index (χ4v) is 2.42. The number of carbonyl (C=O) groups excluding carboxylic acids is 1. The van der Waals surface area contributed by atoms with Gasteiger partial charge in [0.15, 0.2) is 5.69 Å². The molecule has 0 aromatic heterocycles. The SMILES string of the molecule is Cc1cccc(C(=O)Nc2c(O)cccc2[N+](=O)[O-])c1I. The molecule has 0 heterocycles. The minimum atomic E-state index is -0.656. The second kappa shape index (κ2) is 6.08. The van der Waals surface area contributed by atoms with Crippen LogP contribution in [0.25, 0.3) is 0 Å². The Kier molecular flexibility index (Phi) is 4.41. The molecule has 2 aromatic rings. The number of nitro benzene ring substituents is 1. The molecule has 0 radical (unpaired) electrons. The average Bonchev–Trinajstić information content (AvgIpc) is 2.43. The van der Waals surface area contributed by atoms with Gasteiger partial charge in [0, 0.05) is 9.64 Å².